The van der Waals surface area contributed by atoms with Gasteiger partial charge in [-0.1, -0.05) is 23.2 Å². The van der Waals surface area contributed by atoms with E-state index in [1.807, 2.05) is 19.9 Å². The van der Waals surface area contributed by atoms with Gasteiger partial charge in [-0.15, -0.1) is 0 Å². The second-order valence-electron chi connectivity index (χ2n) is 4.17. The standard InChI is InChI=1S/C13H10Cl2N2O/c1-7-8(2)16-17-12(6-18-13(7)17)10-4-3-9(14)5-11(10)15/h3-6H,1-2H3. The number of rotatable bonds is 1. The maximum absolute atomic E-state index is 6.20. The van der Waals surface area contributed by atoms with Crippen LogP contribution in [0.1, 0.15) is 11.3 Å². The molecule has 2 aromatic heterocycles. The summed E-state index contributed by atoms with van der Waals surface area (Å²) in [5, 5.41) is 5.63. The van der Waals surface area contributed by atoms with Crippen LogP contribution in [-0.2, 0) is 0 Å². The summed E-state index contributed by atoms with van der Waals surface area (Å²) in [6.07, 6.45) is 1.66. The molecule has 0 atom stereocenters. The Hall–Kier alpha value is -1.45. The van der Waals surface area contributed by atoms with Crippen molar-refractivity contribution in [1.29, 1.82) is 0 Å². The second-order valence-corrected chi connectivity index (χ2v) is 5.02. The highest BCUT2D eigenvalue weighted by molar-refractivity contribution is 6.36. The average Bonchev–Trinajstić information content (AvgIpc) is 2.82. The Labute approximate surface area is 114 Å². The normalized spacial score (nSPS) is 11.3. The van der Waals surface area contributed by atoms with E-state index in [1.165, 1.54) is 0 Å². The zero-order valence-corrected chi connectivity index (χ0v) is 11.4. The molecule has 0 saturated carbocycles. The van der Waals surface area contributed by atoms with Gasteiger partial charge >= 0.3 is 0 Å². The summed E-state index contributed by atoms with van der Waals surface area (Å²) in [6.45, 7) is 3.93. The van der Waals surface area contributed by atoms with E-state index in [0.29, 0.717) is 10.0 Å². The molecular formula is C13H10Cl2N2O. The van der Waals surface area contributed by atoms with Crippen molar-refractivity contribution in [3.8, 4) is 11.3 Å². The maximum atomic E-state index is 6.20. The van der Waals surface area contributed by atoms with Gasteiger partial charge in [0.25, 0.3) is 0 Å². The van der Waals surface area contributed by atoms with Gasteiger partial charge in [0.15, 0.2) is 0 Å². The van der Waals surface area contributed by atoms with Gasteiger partial charge in [0.05, 0.1) is 10.7 Å². The molecular weight excluding hydrogens is 271 g/mol. The highest BCUT2D eigenvalue weighted by atomic mass is 35.5. The summed E-state index contributed by atoms with van der Waals surface area (Å²) in [6, 6.07) is 5.37. The van der Waals surface area contributed by atoms with Crippen LogP contribution in [0, 0.1) is 13.8 Å². The van der Waals surface area contributed by atoms with Crippen LogP contribution in [0.15, 0.2) is 28.9 Å². The maximum Gasteiger partial charge on any atom is 0.225 e. The molecule has 18 heavy (non-hydrogen) atoms. The summed E-state index contributed by atoms with van der Waals surface area (Å²) >= 11 is 12.1. The fourth-order valence-electron chi connectivity index (χ4n) is 1.92. The fraction of sp³-hybridized carbons (Fsp3) is 0.154. The Morgan fingerprint density at radius 2 is 2.00 bits per heavy atom. The van der Waals surface area contributed by atoms with Gasteiger partial charge in [-0.25, -0.2) is 0 Å². The lowest BCUT2D eigenvalue weighted by molar-refractivity contribution is 0.604. The molecule has 0 radical (unpaired) electrons. The number of hydrogen-bond acceptors (Lipinski definition) is 2. The summed E-state index contributed by atoms with van der Waals surface area (Å²) < 4.78 is 7.31. The lowest BCUT2D eigenvalue weighted by Crippen LogP contribution is -1.89. The van der Waals surface area contributed by atoms with Crippen molar-refractivity contribution >= 4 is 28.9 Å². The average molecular weight is 281 g/mol. The Balaban J connectivity index is 2.28. The number of nitrogens with zero attached hydrogens (tertiary/aromatic N) is 2. The molecule has 0 unspecified atom stereocenters. The lowest BCUT2D eigenvalue weighted by Gasteiger charge is -2.01. The third kappa shape index (κ3) is 1.62. The SMILES string of the molecule is Cc1nn2c(-c3ccc(Cl)cc3Cl)coc2c1C. The number of hydrogen-bond donors (Lipinski definition) is 0. The predicted molar refractivity (Wildman–Crippen MR) is 72.4 cm³/mol. The van der Waals surface area contributed by atoms with Gasteiger partial charge in [0.2, 0.25) is 5.71 Å². The van der Waals surface area contributed by atoms with Crippen LogP contribution in [0.5, 0.6) is 0 Å². The Bertz CT molecular complexity index is 743. The highest BCUT2D eigenvalue weighted by Gasteiger charge is 2.15. The van der Waals surface area contributed by atoms with Crippen molar-refractivity contribution < 1.29 is 4.42 Å². The predicted octanol–water partition coefficient (Wildman–Crippen LogP) is 4.52. The highest BCUT2D eigenvalue weighted by Crippen LogP contribution is 2.32. The van der Waals surface area contributed by atoms with E-state index in [9.17, 15) is 0 Å². The van der Waals surface area contributed by atoms with Crippen LogP contribution in [0.25, 0.3) is 17.0 Å². The van der Waals surface area contributed by atoms with E-state index in [4.69, 9.17) is 27.6 Å². The first-order chi connectivity index (χ1) is 8.58. The smallest absolute Gasteiger partial charge is 0.225 e. The first-order valence-corrected chi connectivity index (χ1v) is 6.22. The van der Waals surface area contributed by atoms with Gasteiger partial charge in [0, 0.05) is 16.1 Å². The van der Waals surface area contributed by atoms with Crippen molar-refractivity contribution in [2.75, 3.05) is 0 Å². The zero-order valence-electron chi connectivity index (χ0n) is 9.87. The van der Waals surface area contributed by atoms with E-state index in [-0.39, 0.29) is 0 Å². The molecule has 0 bridgehead atoms. The van der Waals surface area contributed by atoms with Gasteiger partial charge < -0.3 is 4.42 Å². The minimum atomic E-state index is 0.580. The first kappa shape index (κ1) is 11.6. The first-order valence-electron chi connectivity index (χ1n) is 5.47. The third-order valence-corrected chi connectivity index (χ3v) is 3.57. The molecule has 0 aliphatic heterocycles. The molecule has 0 spiro atoms. The van der Waals surface area contributed by atoms with E-state index >= 15 is 0 Å². The quantitative estimate of drug-likeness (QED) is 0.656. The second kappa shape index (κ2) is 4.04. The Kier molecular flexibility index (Phi) is 2.61. The monoisotopic (exact) mass is 280 g/mol. The fourth-order valence-corrected chi connectivity index (χ4v) is 2.43. The summed E-state index contributed by atoms with van der Waals surface area (Å²) in [4.78, 5) is 0. The van der Waals surface area contributed by atoms with Crippen molar-refractivity contribution in [2.24, 2.45) is 0 Å². The largest absolute Gasteiger partial charge is 0.444 e. The number of halogens is 2. The van der Waals surface area contributed by atoms with Gasteiger partial charge in [-0.2, -0.15) is 9.61 Å². The molecule has 3 rings (SSSR count). The van der Waals surface area contributed by atoms with Crippen molar-refractivity contribution in [3.05, 3.63) is 45.8 Å². The Morgan fingerprint density at radius 1 is 1.22 bits per heavy atom. The molecule has 0 aliphatic rings. The lowest BCUT2D eigenvalue weighted by atomic mass is 10.2. The molecule has 0 aliphatic carbocycles. The topological polar surface area (TPSA) is 30.4 Å². The van der Waals surface area contributed by atoms with Crippen LogP contribution in [-0.4, -0.2) is 9.61 Å². The molecule has 3 aromatic rings. The number of benzene rings is 1. The van der Waals surface area contributed by atoms with Crippen LogP contribution >= 0.6 is 23.2 Å². The summed E-state index contributed by atoms with van der Waals surface area (Å²) in [5.41, 5.74) is 4.39. The summed E-state index contributed by atoms with van der Waals surface area (Å²) in [7, 11) is 0. The van der Waals surface area contributed by atoms with Crippen LogP contribution in [0.2, 0.25) is 10.0 Å². The van der Waals surface area contributed by atoms with Gasteiger partial charge in [0.1, 0.15) is 12.0 Å². The van der Waals surface area contributed by atoms with Gasteiger partial charge in [-0.3, -0.25) is 0 Å². The molecule has 0 fully saturated rings. The van der Waals surface area contributed by atoms with Crippen molar-refractivity contribution in [1.82, 2.24) is 9.61 Å². The molecule has 5 heteroatoms. The third-order valence-electron chi connectivity index (χ3n) is 3.02. The van der Waals surface area contributed by atoms with Crippen molar-refractivity contribution in [2.45, 2.75) is 13.8 Å². The molecule has 3 nitrogen and oxygen atoms in total. The molecule has 0 N–H and O–H groups in total. The number of fused-ring (bicyclic) bond motifs is 1. The molecule has 0 saturated heterocycles. The van der Waals surface area contributed by atoms with Crippen LogP contribution in [0.3, 0.4) is 0 Å². The van der Waals surface area contributed by atoms with E-state index in [0.717, 1.165) is 28.2 Å². The van der Waals surface area contributed by atoms with Crippen LogP contribution < -0.4 is 0 Å². The number of aryl methyl sites for hydroxylation is 2. The molecule has 0 amide bonds. The Morgan fingerprint density at radius 3 is 2.72 bits per heavy atom. The molecule has 2 heterocycles. The summed E-state index contributed by atoms with van der Waals surface area (Å²) in [5.74, 6) is 0. The minimum Gasteiger partial charge on any atom is -0.444 e. The van der Waals surface area contributed by atoms with Crippen molar-refractivity contribution in [3.63, 3.8) is 0 Å². The number of oxazole rings is 1. The van der Waals surface area contributed by atoms with Crippen LogP contribution in [0.4, 0.5) is 0 Å². The van der Waals surface area contributed by atoms with Gasteiger partial charge in [-0.05, 0) is 32.0 Å². The zero-order chi connectivity index (χ0) is 12.9. The van der Waals surface area contributed by atoms with E-state index in [1.54, 1.807) is 22.9 Å². The molecule has 1 aromatic carbocycles. The number of aromatic nitrogens is 2. The minimum absolute atomic E-state index is 0.580. The molecule has 92 valence electrons. The van der Waals surface area contributed by atoms with E-state index in [2.05, 4.69) is 5.10 Å². The van der Waals surface area contributed by atoms with E-state index < -0.39 is 0 Å².